The van der Waals surface area contributed by atoms with Gasteiger partial charge >= 0.3 is 0 Å². The lowest BCUT2D eigenvalue weighted by Gasteiger charge is -2.42. The summed E-state index contributed by atoms with van der Waals surface area (Å²) in [5.74, 6) is 0. The van der Waals surface area contributed by atoms with Crippen LogP contribution in [-0.4, -0.2) is 57.0 Å². The van der Waals surface area contributed by atoms with Crippen LogP contribution in [0.25, 0.3) is 0 Å². The lowest BCUT2D eigenvalue weighted by molar-refractivity contribution is -0.225. The first-order valence-electron chi connectivity index (χ1n) is 4.79. The van der Waals surface area contributed by atoms with Crippen LogP contribution in [0.5, 0.6) is 0 Å². The Morgan fingerprint density at radius 2 is 1.00 bits per heavy atom. The second-order valence-corrected chi connectivity index (χ2v) is 3.50. The maximum absolute atomic E-state index is 9.65. The molecule has 1 saturated carbocycles. The number of hydrogen-bond donors (Lipinski definition) is 4. The Morgan fingerprint density at radius 1 is 0.688 bits per heavy atom. The Bertz CT molecular complexity index is 230. The zero-order valence-electron chi connectivity index (χ0n) is 8.64. The van der Waals surface area contributed by atoms with Gasteiger partial charge in [0.25, 0.3) is 0 Å². The Morgan fingerprint density at radius 3 is 1.25 bits per heavy atom. The molecule has 16 heavy (non-hydrogen) atoms. The summed E-state index contributed by atoms with van der Waals surface area (Å²) < 4.78 is 9.92. The minimum atomic E-state index is -1.51. The molecule has 4 N–H and O–H groups in total. The minimum Gasteiger partial charge on any atom is -0.492 e. The molecule has 6 nitrogen and oxygen atoms in total. The molecule has 0 radical (unpaired) electrons. The third-order valence-corrected chi connectivity index (χ3v) is 2.55. The van der Waals surface area contributed by atoms with Crippen molar-refractivity contribution >= 4 is 0 Å². The second-order valence-electron chi connectivity index (χ2n) is 3.50. The lowest BCUT2D eigenvalue weighted by Crippen LogP contribution is -2.64. The van der Waals surface area contributed by atoms with Crippen LogP contribution in [0.3, 0.4) is 0 Å². The van der Waals surface area contributed by atoms with Gasteiger partial charge in [0, 0.05) is 0 Å². The summed E-state index contributed by atoms with van der Waals surface area (Å²) in [4.78, 5) is 0. The number of aliphatic hydroxyl groups is 4. The normalized spacial score (nSPS) is 43.5. The van der Waals surface area contributed by atoms with Crippen molar-refractivity contribution in [3.8, 4) is 0 Å². The molecule has 0 saturated heterocycles. The van der Waals surface area contributed by atoms with E-state index in [0.717, 1.165) is 12.5 Å². The highest BCUT2D eigenvalue weighted by Gasteiger charge is 2.51. The summed E-state index contributed by atoms with van der Waals surface area (Å²) in [7, 11) is 0. The highest BCUT2D eigenvalue weighted by molar-refractivity contribution is 5.01. The van der Waals surface area contributed by atoms with Gasteiger partial charge in [-0.25, -0.2) is 0 Å². The molecule has 6 atom stereocenters. The SMILES string of the molecule is C=COC1C(O)C(O)C(O)C(O)C1OC=C. The van der Waals surface area contributed by atoms with Gasteiger partial charge in [-0.05, 0) is 0 Å². The van der Waals surface area contributed by atoms with Gasteiger partial charge in [-0.2, -0.15) is 0 Å². The number of hydrogen-bond acceptors (Lipinski definition) is 6. The quantitative estimate of drug-likeness (QED) is 0.440. The van der Waals surface area contributed by atoms with Crippen LogP contribution in [0.1, 0.15) is 0 Å². The third kappa shape index (κ3) is 2.19. The molecular formula is C10H16O6. The Balaban J connectivity index is 2.90. The molecule has 1 aliphatic rings. The van der Waals surface area contributed by atoms with Crippen LogP contribution < -0.4 is 0 Å². The highest BCUT2D eigenvalue weighted by Crippen LogP contribution is 2.26. The fraction of sp³-hybridized carbons (Fsp3) is 0.600. The minimum absolute atomic E-state index is 1.02. The maximum Gasteiger partial charge on any atom is 0.165 e. The summed E-state index contributed by atoms with van der Waals surface area (Å²) in [5, 5.41) is 38.2. The van der Waals surface area contributed by atoms with Gasteiger partial charge in [-0.3, -0.25) is 0 Å². The largest absolute Gasteiger partial charge is 0.492 e. The molecule has 1 fully saturated rings. The number of aliphatic hydroxyl groups excluding tert-OH is 4. The summed E-state index contributed by atoms with van der Waals surface area (Å²) in [5.41, 5.74) is 0. The third-order valence-electron chi connectivity index (χ3n) is 2.55. The average Bonchev–Trinajstić information content (AvgIpc) is 2.28. The highest BCUT2D eigenvalue weighted by atomic mass is 16.6. The predicted octanol–water partition coefficient (Wildman–Crippen LogP) is -1.50. The Labute approximate surface area is 93.0 Å². The molecular weight excluding hydrogens is 216 g/mol. The zero-order valence-corrected chi connectivity index (χ0v) is 8.64. The molecule has 1 rings (SSSR count). The van der Waals surface area contributed by atoms with Gasteiger partial charge in [0.2, 0.25) is 0 Å². The summed E-state index contributed by atoms with van der Waals surface area (Å²) in [6.45, 7) is 6.62. The molecule has 0 aliphatic heterocycles. The van der Waals surface area contributed by atoms with Crippen molar-refractivity contribution in [1.82, 2.24) is 0 Å². The molecule has 0 amide bonds. The van der Waals surface area contributed by atoms with Crippen molar-refractivity contribution in [1.29, 1.82) is 0 Å². The van der Waals surface area contributed by atoms with Crippen LogP contribution in [0, 0.1) is 0 Å². The lowest BCUT2D eigenvalue weighted by atomic mass is 9.84. The van der Waals surface area contributed by atoms with Crippen LogP contribution in [0.15, 0.2) is 25.7 Å². The summed E-state index contributed by atoms with van der Waals surface area (Å²) in [6.07, 6.45) is -5.72. The molecule has 0 heterocycles. The van der Waals surface area contributed by atoms with Gasteiger partial charge in [-0.1, -0.05) is 13.2 Å². The van der Waals surface area contributed by atoms with E-state index in [0.29, 0.717) is 0 Å². The van der Waals surface area contributed by atoms with Gasteiger partial charge < -0.3 is 29.9 Å². The predicted molar refractivity (Wildman–Crippen MR) is 54.2 cm³/mol. The van der Waals surface area contributed by atoms with Gasteiger partial charge in [-0.15, -0.1) is 0 Å². The monoisotopic (exact) mass is 232 g/mol. The molecule has 0 spiro atoms. The molecule has 92 valence electrons. The fourth-order valence-electron chi connectivity index (χ4n) is 1.72. The van der Waals surface area contributed by atoms with E-state index in [2.05, 4.69) is 13.2 Å². The molecule has 0 aromatic carbocycles. The van der Waals surface area contributed by atoms with Crippen LogP contribution in [0.4, 0.5) is 0 Å². The van der Waals surface area contributed by atoms with Gasteiger partial charge in [0.1, 0.15) is 24.4 Å². The van der Waals surface area contributed by atoms with E-state index in [1.54, 1.807) is 0 Å². The number of rotatable bonds is 4. The zero-order chi connectivity index (χ0) is 12.3. The Hall–Kier alpha value is -1.08. The van der Waals surface area contributed by atoms with Crippen molar-refractivity contribution in [2.75, 3.05) is 0 Å². The van der Waals surface area contributed by atoms with E-state index in [9.17, 15) is 20.4 Å². The molecule has 0 bridgehead atoms. The van der Waals surface area contributed by atoms with Gasteiger partial charge in [0.05, 0.1) is 12.5 Å². The maximum atomic E-state index is 9.65. The van der Waals surface area contributed by atoms with Crippen LogP contribution in [-0.2, 0) is 9.47 Å². The van der Waals surface area contributed by atoms with E-state index in [1.165, 1.54) is 0 Å². The second kappa shape index (κ2) is 5.31. The standard InChI is InChI=1S/C10H16O6/c1-3-15-9-7(13)5(11)6(12)8(14)10(9)16-4-2/h3-14H,1-2H2. The van der Waals surface area contributed by atoms with E-state index in [-0.39, 0.29) is 0 Å². The van der Waals surface area contributed by atoms with E-state index < -0.39 is 36.6 Å². The summed E-state index contributed by atoms with van der Waals surface area (Å²) >= 11 is 0. The van der Waals surface area contributed by atoms with Crippen LogP contribution in [0.2, 0.25) is 0 Å². The van der Waals surface area contributed by atoms with Crippen molar-refractivity contribution < 1.29 is 29.9 Å². The van der Waals surface area contributed by atoms with Gasteiger partial charge in [0.15, 0.2) is 12.2 Å². The Kier molecular flexibility index (Phi) is 4.31. The molecule has 1 aliphatic carbocycles. The van der Waals surface area contributed by atoms with Crippen LogP contribution >= 0.6 is 0 Å². The first kappa shape index (κ1) is 13.0. The molecule has 6 unspecified atom stereocenters. The van der Waals surface area contributed by atoms with Crippen molar-refractivity contribution in [3.05, 3.63) is 25.7 Å². The van der Waals surface area contributed by atoms with Crippen molar-refractivity contribution in [3.63, 3.8) is 0 Å². The van der Waals surface area contributed by atoms with E-state index in [1.807, 2.05) is 0 Å². The molecule has 6 heteroatoms. The summed E-state index contributed by atoms with van der Waals surface area (Å²) in [6, 6.07) is 0. The fourth-order valence-corrected chi connectivity index (χ4v) is 1.72. The van der Waals surface area contributed by atoms with Crippen molar-refractivity contribution in [2.24, 2.45) is 0 Å². The number of ether oxygens (including phenoxy) is 2. The first-order chi connectivity index (χ1) is 7.54. The average molecular weight is 232 g/mol. The van der Waals surface area contributed by atoms with Crippen molar-refractivity contribution in [2.45, 2.75) is 36.6 Å². The smallest absolute Gasteiger partial charge is 0.165 e. The molecule has 0 aromatic heterocycles. The van der Waals surface area contributed by atoms with E-state index in [4.69, 9.17) is 9.47 Å². The topological polar surface area (TPSA) is 99.4 Å². The van der Waals surface area contributed by atoms with E-state index >= 15 is 0 Å². The first-order valence-corrected chi connectivity index (χ1v) is 4.79. The molecule has 0 aromatic rings.